The Morgan fingerprint density at radius 2 is 2.37 bits per heavy atom. The van der Waals surface area contributed by atoms with Crippen LogP contribution in [-0.4, -0.2) is 35.6 Å². The van der Waals surface area contributed by atoms with E-state index in [1.165, 1.54) is 23.1 Å². The summed E-state index contributed by atoms with van der Waals surface area (Å²) in [4.78, 5) is 11.4. The van der Waals surface area contributed by atoms with Crippen LogP contribution in [0.3, 0.4) is 0 Å². The first-order valence-corrected chi connectivity index (χ1v) is 7.85. The third-order valence-corrected chi connectivity index (χ3v) is 4.87. The van der Waals surface area contributed by atoms with E-state index in [0.29, 0.717) is 6.04 Å². The third kappa shape index (κ3) is 2.32. The lowest BCUT2D eigenvalue weighted by Crippen LogP contribution is -2.38. The molecule has 0 radical (unpaired) electrons. The second-order valence-electron chi connectivity index (χ2n) is 5.09. The SMILES string of the molecule is CCNCC1CCCN1c1ncnc2c(C)csc12. The van der Waals surface area contributed by atoms with Crippen LogP contribution >= 0.6 is 11.3 Å². The molecule has 19 heavy (non-hydrogen) atoms. The predicted molar refractivity (Wildman–Crippen MR) is 81.1 cm³/mol. The van der Waals surface area contributed by atoms with Crippen LogP contribution in [0.15, 0.2) is 11.7 Å². The van der Waals surface area contributed by atoms with Gasteiger partial charge in [0.15, 0.2) is 0 Å². The molecule has 1 aliphatic heterocycles. The largest absolute Gasteiger partial charge is 0.351 e. The fraction of sp³-hybridized carbons (Fsp3) is 0.571. The van der Waals surface area contributed by atoms with Crippen LogP contribution in [0.4, 0.5) is 5.82 Å². The molecule has 1 fully saturated rings. The molecule has 1 aliphatic rings. The van der Waals surface area contributed by atoms with Gasteiger partial charge < -0.3 is 10.2 Å². The number of anilines is 1. The van der Waals surface area contributed by atoms with Gasteiger partial charge in [-0.15, -0.1) is 11.3 Å². The van der Waals surface area contributed by atoms with Crippen molar-refractivity contribution in [1.29, 1.82) is 0 Å². The summed E-state index contributed by atoms with van der Waals surface area (Å²) in [5.41, 5.74) is 2.37. The van der Waals surface area contributed by atoms with Crippen LogP contribution in [0.2, 0.25) is 0 Å². The molecule has 102 valence electrons. The standard InChI is InChI=1S/C14H20N4S/c1-3-15-7-11-5-4-6-18(11)14-13-12(16-9-17-14)10(2)8-19-13/h8-9,11,15H,3-7H2,1-2H3. The maximum atomic E-state index is 4.56. The number of nitrogens with one attached hydrogen (secondary N) is 1. The van der Waals surface area contributed by atoms with Gasteiger partial charge in [0.05, 0.1) is 10.2 Å². The molecule has 0 aliphatic carbocycles. The first kappa shape index (κ1) is 12.8. The molecule has 3 heterocycles. The van der Waals surface area contributed by atoms with Gasteiger partial charge in [0.25, 0.3) is 0 Å². The molecule has 1 atom stereocenters. The van der Waals surface area contributed by atoms with E-state index in [2.05, 4.69) is 39.4 Å². The van der Waals surface area contributed by atoms with E-state index < -0.39 is 0 Å². The van der Waals surface area contributed by atoms with Crippen LogP contribution in [0.25, 0.3) is 10.2 Å². The van der Waals surface area contributed by atoms with Crippen molar-refractivity contribution in [1.82, 2.24) is 15.3 Å². The van der Waals surface area contributed by atoms with Gasteiger partial charge in [-0.3, -0.25) is 0 Å². The van der Waals surface area contributed by atoms with E-state index in [0.717, 1.165) is 31.0 Å². The summed E-state index contributed by atoms with van der Waals surface area (Å²) in [6.07, 6.45) is 4.22. The van der Waals surface area contributed by atoms with Crippen LogP contribution in [-0.2, 0) is 0 Å². The fourth-order valence-electron chi connectivity index (χ4n) is 2.80. The Labute approximate surface area is 117 Å². The number of thiophene rings is 1. The highest BCUT2D eigenvalue weighted by Crippen LogP contribution is 2.34. The van der Waals surface area contributed by atoms with Gasteiger partial charge in [0.2, 0.25) is 0 Å². The lowest BCUT2D eigenvalue weighted by atomic mass is 10.2. The predicted octanol–water partition coefficient (Wildman–Crippen LogP) is 2.58. The van der Waals surface area contributed by atoms with Crippen molar-refractivity contribution in [2.45, 2.75) is 32.7 Å². The molecule has 4 nitrogen and oxygen atoms in total. The summed E-state index contributed by atoms with van der Waals surface area (Å²) in [7, 11) is 0. The van der Waals surface area contributed by atoms with Gasteiger partial charge in [-0.05, 0) is 37.3 Å². The number of aryl methyl sites for hydroxylation is 1. The van der Waals surface area contributed by atoms with Gasteiger partial charge in [-0.1, -0.05) is 6.92 Å². The molecule has 0 saturated carbocycles. The summed E-state index contributed by atoms with van der Waals surface area (Å²) >= 11 is 1.77. The van der Waals surface area contributed by atoms with Crippen molar-refractivity contribution in [3.8, 4) is 0 Å². The molecule has 0 aromatic carbocycles. The minimum absolute atomic E-state index is 0.570. The highest BCUT2D eigenvalue weighted by atomic mass is 32.1. The summed E-state index contributed by atoms with van der Waals surface area (Å²) in [6, 6.07) is 0.570. The van der Waals surface area contributed by atoms with Crippen molar-refractivity contribution in [2.75, 3.05) is 24.5 Å². The van der Waals surface area contributed by atoms with Crippen molar-refractivity contribution in [3.05, 3.63) is 17.3 Å². The lowest BCUT2D eigenvalue weighted by molar-refractivity contribution is 0.585. The van der Waals surface area contributed by atoms with Gasteiger partial charge in [-0.2, -0.15) is 0 Å². The number of hydrogen-bond donors (Lipinski definition) is 1. The zero-order chi connectivity index (χ0) is 13.2. The second kappa shape index (κ2) is 5.43. The van der Waals surface area contributed by atoms with E-state index >= 15 is 0 Å². The molecule has 2 aromatic heterocycles. The number of hydrogen-bond acceptors (Lipinski definition) is 5. The van der Waals surface area contributed by atoms with Gasteiger partial charge in [0.1, 0.15) is 12.1 Å². The molecule has 5 heteroatoms. The average molecular weight is 276 g/mol. The van der Waals surface area contributed by atoms with Crippen molar-refractivity contribution in [3.63, 3.8) is 0 Å². The quantitative estimate of drug-likeness (QED) is 0.932. The van der Waals surface area contributed by atoms with Crippen LogP contribution in [0.1, 0.15) is 25.3 Å². The number of fused-ring (bicyclic) bond motifs is 1. The lowest BCUT2D eigenvalue weighted by Gasteiger charge is -2.26. The van der Waals surface area contributed by atoms with Gasteiger partial charge in [-0.25, -0.2) is 9.97 Å². The molecular formula is C14H20N4S. The Balaban J connectivity index is 1.94. The minimum atomic E-state index is 0.570. The highest BCUT2D eigenvalue weighted by Gasteiger charge is 2.27. The Morgan fingerprint density at radius 3 is 3.21 bits per heavy atom. The van der Waals surface area contributed by atoms with Crippen LogP contribution in [0, 0.1) is 6.92 Å². The van der Waals surface area contributed by atoms with E-state index in [4.69, 9.17) is 0 Å². The molecule has 1 saturated heterocycles. The van der Waals surface area contributed by atoms with Gasteiger partial charge >= 0.3 is 0 Å². The Morgan fingerprint density at radius 1 is 1.47 bits per heavy atom. The smallest absolute Gasteiger partial charge is 0.150 e. The summed E-state index contributed by atoms with van der Waals surface area (Å²) in [5.74, 6) is 1.13. The Bertz CT molecular complexity index is 566. The molecule has 0 spiro atoms. The van der Waals surface area contributed by atoms with Gasteiger partial charge in [0, 0.05) is 19.1 Å². The number of likely N-dealkylation sites (N-methyl/N-ethyl adjacent to an activating group) is 1. The molecule has 3 rings (SSSR count). The van der Waals surface area contributed by atoms with E-state index in [9.17, 15) is 0 Å². The monoisotopic (exact) mass is 276 g/mol. The molecule has 1 N–H and O–H groups in total. The molecule has 0 amide bonds. The maximum Gasteiger partial charge on any atom is 0.150 e. The first-order valence-electron chi connectivity index (χ1n) is 6.97. The summed E-state index contributed by atoms with van der Waals surface area (Å²) < 4.78 is 1.24. The maximum absolute atomic E-state index is 4.56. The van der Waals surface area contributed by atoms with Crippen molar-refractivity contribution >= 4 is 27.4 Å². The van der Waals surface area contributed by atoms with Crippen molar-refractivity contribution < 1.29 is 0 Å². The Hall–Kier alpha value is -1.20. The van der Waals surface area contributed by atoms with E-state index in [1.807, 2.05) is 0 Å². The first-order chi connectivity index (χ1) is 9.31. The average Bonchev–Trinajstić information content (AvgIpc) is 3.03. The fourth-order valence-corrected chi connectivity index (χ4v) is 3.81. The number of rotatable bonds is 4. The summed E-state index contributed by atoms with van der Waals surface area (Å²) in [5, 5.41) is 5.64. The van der Waals surface area contributed by atoms with Crippen LogP contribution in [0.5, 0.6) is 0 Å². The Kier molecular flexibility index (Phi) is 3.66. The summed E-state index contributed by atoms with van der Waals surface area (Å²) in [6.45, 7) is 7.47. The second-order valence-corrected chi connectivity index (χ2v) is 5.97. The molecule has 2 aromatic rings. The normalized spacial score (nSPS) is 19.5. The topological polar surface area (TPSA) is 41.0 Å². The third-order valence-electron chi connectivity index (χ3n) is 3.79. The zero-order valence-corrected chi connectivity index (χ0v) is 12.3. The van der Waals surface area contributed by atoms with E-state index in [1.54, 1.807) is 17.7 Å². The zero-order valence-electron chi connectivity index (χ0n) is 11.5. The molecule has 0 bridgehead atoms. The van der Waals surface area contributed by atoms with E-state index in [-0.39, 0.29) is 0 Å². The highest BCUT2D eigenvalue weighted by molar-refractivity contribution is 7.18. The van der Waals surface area contributed by atoms with Crippen molar-refractivity contribution in [2.24, 2.45) is 0 Å². The number of nitrogens with zero attached hydrogens (tertiary/aromatic N) is 3. The van der Waals surface area contributed by atoms with Crippen LogP contribution < -0.4 is 10.2 Å². The molecular weight excluding hydrogens is 256 g/mol. The molecule has 1 unspecified atom stereocenters. The minimum Gasteiger partial charge on any atom is -0.351 e. The number of aromatic nitrogens is 2.